The Morgan fingerprint density at radius 2 is 1.91 bits per heavy atom. The van der Waals surface area contributed by atoms with E-state index in [0.29, 0.717) is 17.7 Å². The van der Waals surface area contributed by atoms with E-state index >= 15 is 0 Å². The highest BCUT2D eigenvalue weighted by Gasteiger charge is 2.60. The van der Waals surface area contributed by atoms with Crippen molar-refractivity contribution in [2.45, 2.75) is 37.3 Å². The number of amides is 1. The number of pyridine rings is 1. The Morgan fingerprint density at radius 1 is 1.17 bits per heavy atom. The zero-order chi connectivity index (χ0) is 15.4. The molecule has 1 spiro atoms. The largest absolute Gasteiger partial charge is 0.346 e. The number of fused-ring (bicyclic) bond motifs is 3. The zero-order valence-corrected chi connectivity index (χ0v) is 13.2. The second-order valence-electron chi connectivity index (χ2n) is 7.30. The second-order valence-corrected chi connectivity index (χ2v) is 7.30. The molecule has 1 atom stereocenters. The normalized spacial score (nSPS) is 30.5. The fourth-order valence-corrected chi connectivity index (χ4v) is 4.74. The van der Waals surface area contributed by atoms with Crippen LogP contribution in [0, 0.1) is 5.92 Å². The lowest BCUT2D eigenvalue weighted by Crippen LogP contribution is -2.65. The number of carbonyl (C=O) groups excluding carboxylic acids is 1. The third-order valence-corrected chi connectivity index (χ3v) is 6.13. The van der Waals surface area contributed by atoms with Gasteiger partial charge in [-0.1, -0.05) is 24.3 Å². The van der Waals surface area contributed by atoms with E-state index < -0.39 is 0 Å². The number of hydrogen-bond donors (Lipinski definition) is 1. The second kappa shape index (κ2) is 4.78. The molecule has 2 aromatic rings. The SMILES string of the molecule is O=C(N[C@H]1C2CCN(CC2)C12CC2)c1cc2ccccc2cn1. The van der Waals surface area contributed by atoms with Gasteiger partial charge < -0.3 is 5.32 Å². The topological polar surface area (TPSA) is 45.2 Å². The molecule has 1 N–H and O–H groups in total. The maximum Gasteiger partial charge on any atom is 0.270 e. The van der Waals surface area contributed by atoms with Crippen LogP contribution in [0.15, 0.2) is 36.5 Å². The quantitative estimate of drug-likeness (QED) is 0.927. The van der Waals surface area contributed by atoms with Crippen molar-refractivity contribution in [3.8, 4) is 0 Å². The van der Waals surface area contributed by atoms with Crippen molar-refractivity contribution in [2.24, 2.45) is 5.92 Å². The predicted octanol–water partition coefficient (Wildman–Crippen LogP) is 2.59. The van der Waals surface area contributed by atoms with Crippen LogP contribution in [0.4, 0.5) is 0 Å². The minimum Gasteiger partial charge on any atom is -0.346 e. The predicted molar refractivity (Wildman–Crippen MR) is 89.3 cm³/mol. The van der Waals surface area contributed by atoms with Gasteiger partial charge in [-0.25, -0.2) is 0 Å². The van der Waals surface area contributed by atoms with Crippen molar-refractivity contribution >= 4 is 16.7 Å². The molecule has 118 valence electrons. The van der Waals surface area contributed by atoms with Crippen LogP contribution in [-0.4, -0.2) is 40.5 Å². The first-order chi connectivity index (χ1) is 11.3. The van der Waals surface area contributed by atoms with E-state index in [4.69, 9.17) is 0 Å². The van der Waals surface area contributed by atoms with Crippen molar-refractivity contribution in [2.75, 3.05) is 13.1 Å². The average molecular weight is 307 g/mol. The van der Waals surface area contributed by atoms with Gasteiger partial charge in [0, 0.05) is 17.1 Å². The summed E-state index contributed by atoms with van der Waals surface area (Å²) in [4.78, 5) is 19.8. The molecule has 1 saturated carbocycles. The summed E-state index contributed by atoms with van der Waals surface area (Å²) in [6, 6.07) is 10.3. The van der Waals surface area contributed by atoms with Crippen LogP contribution in [0.3, 0.4) is 0 Å². The highest BCUT2D eigenvalue weighted by molar-refractivity contribution is 5.96. The molecule has 4 aliphatic rings. The molecule has 3 aliphatic heterocycles. The molecule has 0 unspecified atom stereocenters. The third kappa shape index (κ3) is 2.01. The monoisotopic (exact) mass is 307 g/mol. The summed E-state index contributed by atoms with van der Waals surface area (Å²) in [5, 5.41) is 5.49. The number of carbonyl (C=O) groups is 1. The van der Waals surface area contributed by atoms with Crippen LogP contribution in [0.25, 0.3) is 10.8 Å². The van der Waals surface area contributed by atoms with Crippen molar-refractivity contribution in [3.63, 3.8) is 0 Å². The summed E-state index contributed by atoms with van der Waals surface area (Å²) in [5.74, 6) is 0.632. The molecule has 2 bridgehead atoms. The summed E-state index contributed by atoms with van der Waals surface area (Å²) in [5.41, 5.74) is 0.809. The van der Waals surface area contributed by atoms with E-state index in [1.807, 2.05) is 30.3 Å². The lowest BCUT2D eigenvalue weighted by atomic mass is 9.77. The smallest absolute Gasteiger partial charge is 0.270 e. The molecule has 4 heteroatoms. The molecule has 0 radical (unpaired) electrons. The minimum absolute atomic E-state index is 0.0132. The fraction of sp³-hybridized carbons (Fsp3) is 0.474. The van der Waals surface area contributed by atoms with Gasteiger partial charge in [-0.3, -0.25) is 14.7 Å². The lowest BCUT2D eigenvalue weighted by Gasteiger charge is -2.52. The first-order valence-corrected chi connectivity index (χ1v) is 8.67. The van der Waals surface area contributed by atoms with Gasteiger partial charge in [-0.2, -0.15) is 0 Å². The molecule has 1 aromatic carbocycles. The van der Waals surface area contributed by atoms with Gasteiger partial charge in [0.05, 0.1) is 6.04 Å². The molecule has 4 heterocycles. The van der Waals surface area contributed by atoms with Crippen molar-refractivity contribution in [3.05, 3.63) is 42.2 Å². The van der Waals surface area contributed by atoms with Crippen molar-refractivity contribution in [1.29, 1.82) is 0 Å². The zero-order valence-electron chi connectivity index (χ0n) is 13.2. The van der Waals surface area contributed by atoms with Crippen LogP contribution >= 0.6 is 0 Å². The van der Waals surface area contributed by atoms with Crippen molar-refractivity contribution < 1.29 is 4.79 Å². The number of benzene rings is 1. The maximum absolute atomic E-state index is 12.8. The Balaban J connectivity index is 1.42. The fourth-order valence-electron chi connectivity index (χ4n) is 4.74. The van der Waals surface area contributed by atoms with E-state index in [1.54, 1.807) is 6.20 Å². The van der Waals surface area contributed by atoms with Gasteiger partial charge in [0.25, 0.3) is 5.91 Å². The van der Waals surface area contributed by atoms with Gasteiger partial charge in [0.2, 0.25) is 0 Å². The number of nitrogens with zero attached hydrogens (tertiary/aromatic N) is 2. The van der Waals surface area contributed by atoms with Crippen LogP contribution in [0.2, 0.25) is 0 Å². The number of aromatic nitrogens is 1. The Labute approximate surface area is 135 Å². The highest BCUT2D eigenvalue weighted by Crippen LogP contribution is 2.53. The van der Waals surface area contributed by atoms with Crippen molar-refractivity contribution in [1.82, 2.24) is 15.2 Å². The van der Waals surface area contributed by atoms with Crippen LogP contribution < -0.4 is 5.32 Å². The molecular formula is C19H21N3O. The molecule has 4 nitrogen and oxygen atoms in total. The van der Waals surface area contributed by atoms with E-state index in [9.17, 15) is 4.79 Å². The first kappa shape index (κ1) is 13.5. The molecule has 23 heavy (non-hydrogen) atoms. The van der Waals surface area contributed by atoms with E-state index in [1.165, 1.54) is 38.8 Å². The third-order valence-electron chi connectivity index (χ3n) is 6.13. The number of rotatable bonds is 2. The van der Waals surface area contributed by atoms with Crippen LogP contribution in [0.5, 0.6) is 0 Å². The summed E-state index contributed by atoms with van der Waals surface area (Å²) < 4.78 is 0. The minimum atomic E-state index is -0.0132. The molecule has 3 saturated heterocycles. The molecule has 4 fully saturated rings. The van der Waals surface area contributed by atoms with E-state index in [2.05, 4.69) is 15.2 Å². The molecule has 1 aliphatic carbocycles. The standard InChI is InChI=1S/C19H21N3O/c23-18(16-11-14-3-1-2-4-15(14)12-20-16)21-17-13-5-9-22(10-6-13)19(17)7-8-19/h1-4,11-13,17H,5-10H2,(H,21,23)/t17-/m0/s1. The summed E-state index contributed by atoms with van der Waals surface area (Å²) in [6.07, 6.45) is 6.71. The molecular weight excluding hydrogens is 286 g/mol. The van der Waals surface area contributed by atoms with Crippen LogP contribution in [0.1, 0.15) is 36.2 Å². The van der Waals surface area contributed by atoms with Gasteiger partial charge in [0.1, 0.15) is 5.69 Å². The van der Waals surface area contributed by atoms with Crippen LogP contribution in [-0.2, 0) is 0 Å². The molecule has 1 aromatic heterocycles. The molecule has 6 rings (SSSR count). The summed E-state index contributed by atoms with van der Waals surface area (Å²) in [6.45, 7) is 2.43. The number of hydrogen-bond acceptors (Lipinski definition) is 3. The van der Waals surface area contributed by atoms with Gasteiger partial charge in [0.15, 0.2) is 0 Å². The number of nitrogens with one attached hydrogen (secondary N) is 1. The van der Waals surface area contributed by atoms with E-state index in [0.717, 1.165) is 10.8 Å². The highest BCUT2D eigenvalue weighted by atomic mass is 16.2. The Bertz CT molecular complexity index is 775. The maximum atomic E-state index is 12.8. The summed E-state index contributed by atoms with van der Waals surface area (Å²) >= 11 is 0. The van der Waals surface area contributed by atoms with Gasteiger partial charge in [-0.15, -0.1) is 0 Å². The molecule has 1 amide bonds. The lowest BCUT2D eigenvalue weighted by molar-refractivity contribution is -0.00152. The Hall–Kier alpha value is -1.94. The van der Waals surface area contributed by atoms with E-state index in [-0.39, 0.29) is 11.4 Å². The first-order valence-electron chi connectivity index (χ1n) is 8.67. The Kier molecular flexibility index (Phi) is 2.80. The van der Waals surface area contributed by atoms with Gasteiger partial charge in [-0.05, 0) is 56.1 Å². The average Bonchev–Trinajstić information content (AvgIpc) is 3.39. The number of piperidine rings is 3. The van der Waals surface area contributed by atoms with Gasteiger partial charge >= 0.3 is 0 Å². The Morgan fingerprint density at radius 3 is 2.65 bits per heavy atom. The summed E-state index contributed by atoms with van der Waals surface area (Å²) in [7, 11) is 0.